The highest BCUT2D eigenvalue weighted by atomic mass is 19.3. The van der Waals surface area contributed by atoms with Gasteiger partial charge in [0.2, 0.25) is 0 Å². The minimum absolute atomic E-state index is 0.0506. The van der Waals surface area contributed by atoms with E-state index in [1.807, 2.05) is 0 Å². The maximum atomic E-state index is 14.1. The molecule has 0 aliphatic heterocycles. The fourth-order valence-electron chi connectivity index (χ4n) is 4.82. The molecule has 2 saturated carbocycles. The Morgan fingerprint density at radius 3 is 1.90 bits per heavy atom. The highest BCUT2D eigenvalue weighted by molar-refractivity contribution is 5.38. The van der Waals surface area contributed by atoms with Gasteiger partial charge in [-0.15, -0.1) is 6.58 Å². The lowest BCUT2D eigenvalue weighted by Crippen LogP contribution is -2.26. The van der Waals surface area contributed by atoms with E-state index in [0.29, 0.717) is 30.0 Å². The quantitative estimate of drug-likeness (QED) is 0.360. The standard InChI is InChI=1S/C24H27F4NO/c1-2-16-3-7-18(8-4-16)19-9-5-17(6-10-19)11-12-24(27,28)30-20-13-22(25)21(15-29)23(26)14-20/h2,11-14,16-19H,1,3-10H2. The van der Waals surface area contributed by atoms with Gasteiger partial charge < -0.3 is 4.74 Å². The molecule has 2 nitrogen and oxygen atoms in total. The molecule has 30 heavy (non-hydrogen) atoms. The summed E-state index contributed by atoms with van der Waals surface area (Å²) in [5.41, 5.74) is -0.823. The SMILES string of the molecule is C=CC1CCC(C2CCC(C=CC(F)(F)Oc3cc(F)c(C#N)c(F)c3)CC2)CC1. The molecular weight excluding hydrogens is 394 g/mol. The van der Waals surface area contributed by atoms with Crippen LogP contribution in [0, 0.1) is 46.6 Å². The largest absolute Gasteiger partial charge is 0.429 e. The van der Waals surface area contributed by atoms with Crippen molar-refractivity contribution in [1.82, 2.24) is 0 Å². The average Bonchev–Trinajstić information content (AvgIpc) is 2.72. The lowest BCUT2D eigenvalue weighted by atomic mass is 9.69. The van der Waals surface area contributed by atoms with Crippen LogP contribution in [0.4, 0.5) is 17.6 Å². The normalized spacial score (nSPS) is 27.6. The van der Waals surface area contributed by atoms with Crippen LogP contribution in [0.5, 0.6) is 5.75 Å². The molecule has 0 heterocycles. The van der Waals surface area contributed by atoms with Crippen LogP contribution in [0.15, 0.2) is 36.9 Å². The maximum absolute atomic E-state index is 14.1. The predicted octanol–water partition coefficient (Wildman–Crippen LogP) is 7.16. The molecule has 2 aliphatic carbocycles. The van der Waals surface area contributed by atoms with Gasteiger partial charge in [-0.3, -0.25) is 0 Å². The van der Waals surface area contributed by atoms with E-state index in [1.54, 1.807) is 0 Å². The van der Waals surface area contributed by atoms with Crippen LogP contribution < -0.4 is 4.74 Å². The second-order valence-electron chi connectivity index (χ2n) is 8.48. The van der Waals surface area contributed by atoms with Crippen molar-refractivity contribution in [3.05, 3.63) is 54.1 Å². The van der Waals surface area contributed by atoms with Gasteiger partial charge in [-0.1, -0.05) is 12.2 Å². The number of ether oxygens (including phenoxy) is 1. The van der Waals surface area contributed by atoms with Crippen molar-refractivity contribution >= 4 is 0 Å². The Labute approximate surface area is 175 Å². The minimum Gasteiger partial charge on any atom is -0.429 e. The summed E-state index contributed by atoms with van der Waals surface area (Å²) in [5, 5.41) is 8.64. The lowest BCUT2D eigenvalue weighted by molar-refractivity contribution is -0.132. The molecule has 162 valence electrons. The molecule has 0 spiro atoms. The Morgan fingerprint density at radius 1 is 0.933 bits per heavy atom. The number of rotatable bonds is 6. The summed E-state index contributed by atoms with van der Waals surface area (Å²) in [4.78, 5) is 0. The molecule has 0 saturated heterocycles. The molecule has 1 aromatic carbocycles. The number of allylic oxidation sites excluding steroid dienone is 2. The summed E-state index contributed by atoms with van der Waals surface area (Å²) in [6.07, 6.45) is 9.15. The van der Waals surface area contributed by atoms with Crippen molar-refractivity contribution in [3.8, 4) is 11.8 Å². The van der Waals surface area contributed by atoms with Gasteiger partial charge in [-0.2, -0.15) is 14.0 Å². The molecule has 0 N–H and O–H groups in total. The number of nitriles is 1. The number of benzene rings is 1. The molecule has 0 amide bonds. The smallest absolute Gasteiger partial charge is 0.419 e. The second kappa shape index (κ2) is 9.68. The number of halogens is 4. The molecule has 2 aliphatic rings. The van der Waals surface area contributed by atoms with Crippen molar-refractivity contribution in [1.29, 1.82) is 5.26 Å². The van der Waals surface area contributed by atoms with Crippen LogP contribution in [0.1, 0.15) is 56.9 Å². The zero-order valence-electron chi connectivity index (χ0n) is 16.9. The van der Waals surface area contributed by atoms with Crippen molar-refractivity contribution in [2.45, 2.75) is 57.5 Å². The van der Waals surface area contributed by atoms with Crippen LogP contribution in [0.2, 0.25) is 0 Å². The van der Waals surface area contributed by atoms with Gasteiger partial charge in [-0.05, 0) is 75.0 Å². The van der Waals surface area contributed by atoms with Gasteiger partial charge in [0.25, 0.3) is 0 Å². The van der Waals surface area contributed by atoms with Crippen LogP contribution in [0.25, 0.3) is 0 Å². The van der Waals surface area contributed by atoms with Gasteiger partial charge >= 0.3 is 6.11 Å². The van der Waals surface area contributed by atoms with Gasteiger partial charge in [-0.25, -0.2) is 8.78 Å². The van der Waals surface area contributed by atoms with E-state index < -0.39 is 29.1 Å². The highest BCUT2D eigenvalue weighted by Crippen LogP contribution is 2.42. The van der Waals surface area contributed by atoms with Crippen molar-refractivity contribution < 1.29 is 22.3 Å². The molecule has 2 fully saturated rings. The fraction of sp³-hybridized carbons (Fsp3) is 0.542. The predicted molar refractivity (Wildman–Crippen MR) is 107 cm³/mol. The molecule has 0 unspecified atom stereocenters. The fourth-order valence-corrected chi connectivity index (χ4v) is 4.82. The molecule has 0 aromatic heterocycles. The van der Waals surface area contributed by atoms with Crippen molar-refractivity contribution in [3.63, 3.8) is 0 Å². The molecule has 1 aromatic rings. The molecule has 0 bridgehead atoms. The lowest BCUT2D eigenvalue weighted by Gasteiger charge is -2.36. The van der Waals surface area contributed by atoms with E-state index in [1.165, 1.54) is 37.8 Å². The van der Waals surface area contributed by atoms with E-state index >= 15 is 0 Å². The number of hydrogen-bond donors (Lipinski definition) is 0. The number of alkyl halides is 2. The monoisotopic (exact) mass is 421 g/mol. The minimum atomic E-state index is -3.69. The second-order valence-corrected chi connectivity index (χ2v) is 8.48. The third kappa shape index (κ3) is 5.65. The van der Waals surface area contributed by atoms with Crippen LogP contribution in [-0.4, -0.2) is 6.11 Å². The van der Waals surface area contributed by atoms with Crippen molar-refractivity contribution in [2.24, 2.45) is 23.7 Å². The van der Waals surface area contributed by atoms with Gasteiger partial charge in [0.05, 0.1) is 0 Å². The van der Waals surface area contributed by atoms with Gasteiger partial charge in [0, 0.05) is 18.2 Å². The average molecular weight is 421 g/mol. The van der Waals surface area contributed by atoms with E-state index in [0.717, 1.165) is 31.6 Å². The Morgan fingerprint density at radius 2 is 1.43 bits per heavy atom. The molecule has 0 atom stereocenters. The first-order chi connectivity index (χ1) is 14.3. The Kier molecular flexibility index (Phi) is 7.23. The first-order valence-corrected chi connectivity index (χ1v) is 10.6. The van der Waals surface area contributed by atoms with Crippen LogP contribution in [-0.2, 0) is 0 Å². The number of nitrogens with zero attached hydrogens (tertiary/aromatic N) is 1. The first kappa shape index (κ1) is 22.4. The van der Waals surface area contributed by atoms with E-state index in [9.17, 15) is 17.6 Å². The van der Waals surface area contributed by atoms with Gasteiger partial charge in [0.15, 0.2) is 0 Å². The summed E-state index contributed by atoms with van der Waals surface area (Å²) in [6.45, 7) is 3.89. The van der Waals surface area contributed by atoms with E-state index in [-0.39, 0.29) is 5.92 Å². The molecule has 3 rings (SSSR count). The Hall–Kier alpha value is -2.29. The summed E-state index contributed by atoms with van der Waals surface area (Å²) >= 11 is 0. The summed E-state index contributed by atoms with van der Waals surface area (Å²) in [7, 11) is 0. The highest BCUT2D eigenvalue weighted by Gasteiger charge is 2.32. The molecule has 6 heteroatoms. The topological polar surface area (TPSA) is 33.0 Å². The van der Waals surface area contributed by atoms with Crippen LogP contribution >= 0.6 is 0 Å². The first-order valence-electron chi connectivity index (χ1n) is 10.6. The van der Waals surface area contributed by atoms with E-state index in [2.05, 4.69) is 17.4 Å². The summed E-state index contributed by atoms with van der Waals surface area (Å²) < 4.78 is 59.9. The third-order valence-corrected chi connectivity index (χ3v) is 6.58. The zero-order chi connectivity index (χ0) is 21.7. The van der Waals surface area contributed by atoms with E-state index in [4.69, 9.17) is 5.26 Å². The Bertz CT molecular complexity index is 790. The van der Waals surface area contributed by atoms with Crippen LogP contribution in [0.3, 0.4) is 0 Å². The van der Waals surface area contributed by atoms with Gasteiger partial charge in [0.1, 0.15) is 29.0 Å². The summed E-state index contributed by atoms with van der Waals surface area (Å²) in [6, 6.07) is 2.53. The zero-order valence-corrected chi connectivity index (χ0v) is 16.9. The number of hydrogen-bond acceptors (Lipinski definition) is 2. The molecule has 0 radical (unpaired) electrons. The van der Waals surface area contributed by atoms with Crippen molar-refractivity contribution in [2.75, 3.05) is 0 Å². The summed E-state index contributed by atoms with van der Waals surface area (Å²) in [5.74, 6) is -1.02. The maximum Gasteiger partial charge on any atom is 0.419 e. The third-order valence-electron chi connectivity index (χ3n) is 6.58. The molecular formula is C24H27F4NO. The Balaban J connectivity index is 1.51.